The van der Waals surface area contributed by atoms with E-state index < -0.39 is 0 Å². The third kappa shape index (κ3) is 1.78. The Morgan fingerprint density at radius 3 is 2.25 bits per heavy atom. The van der Waals surface area contributed by atoms with Crippen LogP contribution in [-0.2, 0) is 0 Å². The molecule has 1 aromatic rings. The van der Waals surface area contributed by atoms with Crippen molar-refractivity contribution < 1.29 is 0 Å². The lowest BCUT2D eigenvalue weighted by Crippen LogP contribution is -2.53. The second-order valence-electron chi connectivity index (χ2n) is 7.38. The molecule has 4 heteroatoms. The molecule has 108 valence electrons. The number of hydrazine groups is 1. The zero-order chi connectivity index (χ0) is 13.7. The molecule has 1 unspecified atom stereocenters. The maximum atomic E-state index is 6.18. The fraction of sp³-hybridized carbons (Fsp3) is 0.688. The Morgan fingerprint density at radius 2 is 1.75 bits per heavy atom. The number of nitrogens with zero attached hydrogens (tertiary/aromatic N) is 1. The topological polar surface area (TPSA) is 77.0 Å². The van der Waals surface area contributed by atoms with Crippen molar-refractivity contribution in [2.24, 2.45) is 29.0 Å². The van der Waals surface area contributed by atoms with Crippen molar-refractivity contribution in [1.29, 1.82) is 0 Å². The van der Waals surface area contributed by atoms with Crippen molar-refractivity contribution in [3.8, 4) is 0 Å². The first kappa shape index (κ1) is 12.6. The fourth-order valence-electron chi connectivity index (χ4n) is 5.79. The van der Waals surface area contributed by atoms with Gasteiger partial charge in [0.05, 0.1) is 6.04 Å². The van der Waals surface area contributed by atoms with Gasteiger partial charge < -0.3 is 5.73 Å². The van der Waals surface area contributed by atoms with Crippen LogP contribution in [0.4, 0.5) is 5.69 Å². The van der Waals surface area contributed by atoms with E-state index in [0.29, 0.717) is 5.41 Å². The van der Waals surface area contributed by atoms with E-state index >= 15 is 0 Å². The minimum Gasteiger partial charge on any atom is -0.398 e. The van der Waals surface area contributed by atoms with Gasteiger partial charge in [-0.2, -0.15) is 0 Å². The third-order valence-electron chi connectivity index (χ3n) is 6.06. The average molecular weight is 272 g/mol. The van der Waals surface area contributed by atoms with E-state index in [2.05, 4.69) is 10.4 Å². The fourth-order valence-corrected chi connectivity index (χ4v) is 5.79. The van der Waals surface area contributed by atoms with Crippen LogP contribution in [0.15, 0.2) is 18.5 Å². The molecule has 4 aliphatic carbocycles. The van der Waals surface area contributed by atoms with Gasteiger partial charge in [-0.15, -0.1) is 0 Å². The van der Waals surface area contributed by atoms with Gasteiger partial charge in [0.2, 0.25) is 0 Å². The summed E-state index contributed by atoms with van der Waals surface area (Å²) in [5.74, 6) is 8.70. The van der Waals surface area contributed by atoms with Crippen molar-refractivity contribution in [2.45, 2.75) is 44.6 Å². The maximum Gasteiger partial charge on any atom is 0.0552 e. The molecule has 4 bridgehead atoms. The number of aromatic nitrogens is 1. The molecule has 4 nitrogen and oxygen atoms in total. The molecule has 1 aromatic heterocycles. The highest BCUT2D eigenvalue weighted by Crippen LogP contribution is 2.64. The number of nitrogens with two attached hydrogens (primary N) is 2. The van der Waals surface area contributed by atoms with E-state index in [-0.39, 0.29) is 6.04 Å². The van der Waals surface area contributed by atoms with Gasteiger partial charge in [-0.3, -0.25) is 16.3 Å². The van der Waals surface area contributed by atoms with Gasteiger partial charge in [-0.05, 0) is 67.8 Å². The van der Waals surface area contributed by atoms with E-state index in [4.69, 9.17) is 11.6 Å². The molecule has 0 saturated heterocycles. The predicted octanol–water partition coefficient (Wildman–Crippen LogP) is 2.38. The smallest absolute Gasteiger partial charge is 0.0552 e. The first-order valence-corrected chi connectivity index (χ1v) is 7.86. The summed E-state index contributed by atoms with van der Waals surface area (Å²) in [4.78, 5) is 4.27. The van der Waals surface area contributed by atoms with E-state index in [1.807, 2.05) is 12.3 Å². The molecule has 0 amide bonds. The Hall–Kier alpha value is -1.13. The molecule has 4 aliphatic rings. The van der Waals surface area contributed by atoms with E-state index in [1.54, 1.807) is 6.20 Å². The largest absolute Gasteiger partial charge is 0.398 e. The molecule has 4 fully saturated rings. The summed E-state index contributed by atoms with van der Waals surface area (Å²) in [7, 11) is 0. The van der Waals surface area contributed by atoms with Crippen LogP contribution in [0.3, 0.4) is 0 Å². The predicted molar refractivity (Wildman–Crippen MR) is 79.3 cm³/mol. The second kappa shape index (κ2) is 4.43. The second-order valence-corrected chi connectivity index (χ2v) is 7.38. The molecule has 0 aromatic carbocycles. The number of hydrogen-bond donors (Lipinski definition) is 3. The van der Waals surface area contributed by atoms with Crippen LogP contribution in [0.5, 0.6) is 0 Å². The highest BCUT2D eigenvalue weighted by atomic mass is 15.2. The normalized spacial score (nSPS) is 40.0. The summed E-state index contributed by atoms with van der Waals surface area (Å²) in [5.41, 5.74) is 11.5. The lowest BCUT2D eigenvalue weighted by atomic mass is 9.47. The van der Waals surface area contributed by atoms with Gasteiger partial charge in [-0.25, -0.2) is 0 Å². The number of pyridine rings is 1. The van der Waals surface area contributed by atoms with Gasteiger partial charge in [0, 0.05) is 23.6 Å². The van der Waals surface area contributed by atoms with Gasteiger partial charge >= 0.3 is 0 Å². The van der Waals surface area contributed by atoms with Gasteiger partial charge in [0.15, 0.2) is 0 Å². The quantitative estimate of drug-likeness (QED) is 0.583. The van der Waals surface area contributed by atoms with E-state index in [1.165, 1.54) is 38.5 Å². The third-order valence-corrected chi connectivity index (χ3v) is 6.06. The summed E-state index contributed by atoms with van der Waals surface area (Å²) >= 11 is 0. The lowest BCUT2D eigenvalue weighted by Gasteiger charge is -2.59. The van der Waals surface area contributed by atoms with Crippen LogP contribution in [0.1, 0.15) is 50.1 Å². The molecule has 0 radical (unpaired) electrons. The summed E-state index contributed by atoms with van der Waals surface area (Å²) in [6, 6.07) is 2.05. The molecule has 0 aliphatic heterocycles. The van der Waals surface area contributed by atoms with Crippen molar-refractivity contribution in [3.05, 3.63) is 24.0 Å². The van der Waals surface area contributed by atoms with Crippen LogP contribution in [0.25, 0.3) is 0 Å². The number of rotatable bonds is 3. The SMILES string of the molecule is NNC(c1cnccc1N)C12CC3CC(CC(C3)C1)C2. The number of anilines is 1. The van der Waals surface area contributed by atoms with Crippen molar-refractivity contribution in [2.75, 3.05) is 5.73 Å². The molecule has 1 heterocycles. The highest BCUT2D eigenvalue weighted by molar-refractivity contribution is 5.47. The standard InChI is InChI=1S/C16H24N4/c17-14-1-2-19-9-13(14)15(20-18)16-6-10-3-11(7-16)5-12(4-10)8-16/h1-2,9-12,15,20H,3-8,18H2,(H2,17,19). The Morgan fingerprint density at radius 1 is 1.15 bits per heavy atom. The van der Waals surface area contributed by atoms with Gasteiger partial charge in [0.1, 0.15) is 0 Å². The molecule has 5 rings (SSSR count). The molecular weight excluding hydrogens is 248 g/mol. The Labute approximate surface area is 120 Å². The lowest BCUT2D eigenvalue weighted by molar-refractivity contribution is -0.0748. The zero-order valence-corrected chi connectivity index (χ0v) is 11.9. The van der Waals surface area contributed by atoms with Gasteiger partial charge in [0.25, 0.3) is 0 Å². The van der Waals surface area contributed by atoms with E-state index in [0.717, 1.165) is 29.0 Å². The first-order chi connectivity index (χ1) is 9.70. The Bertz CT molecular complexity index is 478. The molecular formula is C16H24N4. The van der Waals surface area contributed by atoms with Crippen LogP contribution in [0, 0.1) is 23.2 Å². The summed E-state index contributed by atoms with van der Waals surface area (Å²) < 4.78 is 0. The number of nitrogen functional groups attached to an aromatic ring is 1. The number of nitrogens with one attached hydrogen (secondary N) is 1. The Balaban J connectivity index is 1.73. The van der Waals surface area contributed by atoms with Crippen LogP contribution >= 0.6 is 0 Å². The first-order valence-electron chi connectivity index (χ1n) is 7.86. The van der Waals surface area contributed by atoms with Crippen molar-refractivity contribution >= 4 is 5.69 Å². The molecule has 1 atom stereocenters. The van der Waals surface area contributed by atoms with Crippen molar-refractivity contribution in [1.82, 2.24) is 10.4 Å². The summed E-state index contributed by atoms with van der Waals surface area (Å²) in [6.45, 7) is 0. The highest BCUT2D eigenvalue weighted by Gasteiger charge is 2.54. The average Bonchev–Trinajstić information content (AvgIpc) is 2.40. The number of hydrogen-bond acceptors (Lipinski definition) is 4. The zero-order valence-electron chi connectivity index (χ0n) is 11.9. The maximum absolute atomic E-state index is 6.18. The van der Waals surface area contributed by atoms with Gasteiger partial charge in [-0.1, -0.05) is 0 Å². The summed E-state index contributed by atoms with van der Waals surface area (Å²) in [6.07, 6.45) is 11.9. The minimum absolute atomic E-state index is 0.157. The van der Waals surface area contributed by atoms with E-state index in [9.17, 15) is 0 Å². The van der Waals surface area contributed by atoms with Crippen LogP contribution in [-0.4, -0.2) is 4.98 Å². The minimum atomic E-state index is 0.157. The molecule has 20 heavy (non-hydrogen) atoms. The van der Waals surface area contributed by atoms with Crippen LogP contribution < -0.4 is 17.0 Å². The molecule has 5 N–H and O–H groups in total. The monoisotopic (exact) mass is 272 g/mol. The molecule has 0 spiro atoms. The van der Waals surface area contributed by atoms with Crippen LogP contribution in [0.2, 0.25) is 0 Å². The van der Waals surface area contributed by atoms with Crippen molar-refractivity contribution in [3.63, 3.8) is 0 Å². The molecule has 4 saturated carbocycles. The summed E-state index contributed by atoms with van der Waals surface area (Å²) in [5, 5.41) is 0. The Kier molecular flexibility index (Phi) is 2.79.